The van der Waals surface area contributed by atoms with Crippen LogP contribution in [0.15, 0.2) is 122 Å². The standard InChI is InChI=1S/C70H123N2O6P/c1-6-8-10-12-14-16-18-20-22-24-26-28-30-32-34-35-36-38-39-41-43-45-47-49-51-53-55-57-59-61-63-69(73)68(67-78-79(75,76)77-66-65-72(3,4)5)71-70(74)64-62-60-58-56-54-52-50-48-46-44-42-40-37-33-31-29-27-25-23-21-19-17-15-13-11-9-7-2/h9,11,15,17,21,23,27,29,33,37,42,44,48,50,53-56,61,63,68-69,73H,6-8,10,12-14,16,18-20,22,24-26,28,30-32,34-36,38-41,43,45-47,49,51-52,57-60,62,64-67H2,1-5H3,(H-,71,74,75,76)/b11-9-,17-15-,23-21-,29-27-,37-33-,44-42-,50-48-,55-53+,56-54-,63-61+. The first-order valence-electron chi connectivity index (χ1n) is 32.4. The summed E-state index contributed by atoms with van der Waals surface area (Å²) in [6.45, 7) is 4.49. The first-order chi connectivity index (χ1) is 38.5. The van der Waals surface area contributed by atoms with Crippen molar-refractivity contribution in [3.05, 3.63) is 122 Å². The fourth-order valence-electron chi connectivity index (χ4n) is 8.89. The molecule has 454 valence electrons. The van der Waals surface area contributed by atoms with Crippen LogP contribution >= 0.6 is 7.82 Å². The van der Waals surface area contributed by atoms with Gasteiger partial charge in [-0.3, -0.25) is 9.36 Å². The number of phosphoric acid groups is 1. The quantitative estimate of drug-likeness (QED) is 0.0272. The lowest BCUT2D eigenvalue weighted by Gasteiger charge is -2.29. The van der Waals surface area contributed by atoms with Crippen LogP contribution in [-0.2, 0) is 18.4 Å². The number of nitrogens with zero attached hydrogens (tertiary/aromatic N) is 1. The maximum absolute atomic E-state index is 13.0. The molecule has 9 heteroatoms. The van der Waals surface area contributed by atoms with E-state index in [1.54, 1.807) is 6.08 Å². The molecule has 0 aliphatic carbocycles. The summed E-state index contributed by atoms with van der Waals surface area (Å²) in [4.78, 5) is 25.6. The van der Waals surface area contributed by atoms with Gasteiger partial charge in [-0.2, -0.15) is 0 Å². The Balaban J connectivity index is 4.29. The molecular weight excluding hydrogens is 996 g/mol. The number of aliphatic hydroxyl groups is 1. The lowest BCUT2D eigenvalue weighted by atomic mass is 10.0. The Morgan fingerprint density at radius 2 is 0.785 bits per heavy atom. The van der Waals surface area contributed by atoms with Crippen LogP contribution in [0.3, 0.4) is 0 Å². The molecule has 0 saturated heterocycles. The third-order valence-electron chi connectivity index (χ3n) is 13.9. The van der Waals surface area contributed by atoms with Crippen LogP contribution in [0.25, 0.3) is 0 Å². The summed E-state index contributed by atoms with van der Waals surface area (Å²) in [6, 6.07) is -0.938. The summed E-state index contributed by atoms with van der Waals surface area (Å²) in [7, 11) is 1.20. The van der Waals surface area contributed by atoms with Crippen LogP contribution in [0.5, 0.6) is 0 Å². The smallest absolute Gasteiger partial charge is 0.268 e. The monoisotopic (exact) mass is 1120 g/mol. The molecule has 0 saturated carbocycles. The molecule has 0 aliphatic heterocycles. The zero-order chi connectivity index (χ0) is 57.7. The lowest BCUT2D eigenvalue weighted by molar-refractivity contribution is -0.870. The van der Waals surface area contributed by atoms with E-state index >= 15 is 0 Å². The summed E-state index contributed by atoms with van der Waals surface area (Å²) in [6.07, 6.45) is 88.9. The molecule has 0 aromatic rings. The van der Waals surface area contributed by atoms with Crippen molar-refractivity contribution in [3.8, 4) is 0 Å². The van der Waals surface area contributed by atoms with E-state index in [0.717, 1.165) is 83.5 Å². The van der Waals surface area contributed by atoms with Crippen LogP contribution in [0.1, 0.15) is 264 Å². The number of phosphoric ester groups is 1. The van der Waals surface area contributed by atoms with Crippen molar-refractivity contribution in [1.29, 1.82) is 0 Å². The van der Waals surface area contributed by atoms with Crippen LogP contribution in [-0.4, -0.2) is 68.5 Å². The zero-order valence-corrected chi connectivity index (χ0v) is 52.7. The van der Waals surface area contributed by atoms with Gasteiger partial charge in [-0.1, -0.05) is 283 Å². The van der Waals surface area contributed by atoms with E-state index in [0.29, 0.717) is 17.4 Å². The molecule has 0 heterocycles. The van der Waals surface area contributed by atoms with E-state index < -0.39 is 26.6 Å². The van der Waals surface area contributed by atoms with Crippen molar-refractivity contribution in [2.45, 2.75) is 276 Å². The molecule has 2 N–H and O–H groups in total. The second-order valence-electron chi connectivity index (χ2n) is 22.7. The Morgan fingerprint density at radius 1 is 0.456 bits per heavy atom. The number of hydrogen-bond donors (Lipinski definition) is 2. The maximum atomic E-state index is 13.0. The molecule has 8 nitrogen and oxygen atoms in total. The van der Waals surface area contributed by atoms with Gasteiger partial charge in [0.25, 0.3) is 7.82 Å². The van der Waals surface area contributed by atoms with Gasteiger partial charge in [-0.25, -0.2) is 0 Å². The van der Waals surface area contributed by atoms with Crippen LogP contribution in [0.4, 0.5) is 0 Å². The second kappa shape index (κ2) is 59.5. The van der Waals surface area contributed by atoms with Crippen LogP contribution in [0.2, 0.25) is 0 Å². The number of rotatable bonds is 58. The average molecular weight is 1120 g/mol. The highest BCUT2D eigenvalue weighted by atomic mass is 31.2. The highest BCUT2D eigenvalue weighted by Gasteiger charge is 2.23. The summed E-state index contributed by atoms with van der Waals surface area (Å²) >= 11 is 0. The number of amides is 1. The van der Waals surface area contributed by atoms with Crippen molar-refractivity contribution in [1.82, 2.24) is 5.32 Å². The molecule has 0 bridgehead atoms. The van der Waals surface area contributed by atoms with Crippen molar-refractivity contribution < 1.29 is 32.9 Å². The predicted octanol–water partition coefficient (Wildman–Crippen LogP) is 19.9. The highest BCUT2D eigenvalue weighted by Crippen LogP contribution is 2.38. The van der Waals surface area contributed by atoms with Crippen LogP contribution < -0.4 is 10.2 Å². The van der Waals surface area contributed by atoms with Gasteiger partial charge < -0.3 is 28.8 Å². The third-order valence-corrected chi connectivity index (χ3v) is 14.9. The topological polar surface area (TPSA) is 108 Å². The largest absolute Gasteiger partial charge is 0.756 e. The molecule has 0 rings (SSSR count). The predicted molar refractivity (Wildman–Crippen MR) is 343 cm³/mol. The first kappa shape index (κ1) is 75.9. The number of unbranched alkanes of at least 4 members (excludes halogenated alkanes) is 27. The molecular formula is C70H123N2O6P. The number of carbonyl (C=O) groups excluding carboxylic acids is 1. The van der Waals surface area contributed by atoms with E-state index in [-0.39, 0.29) is 18.9 Å². The maximum Gasteiger partial charge on any atom is 0.268 e. The second-order valence-corrected chi connectivity index (χ2v) is 24.1. The minimum atomic E-state index is -4.63. The minimum Gasteiger partial charge on any atom is -0.756 e. The number of nitrogens with one attached hydrogen (secondary N) is 1. The molecule has 3 atom stereocenters. The molecule has 0 radical (unpaired) electrons. The van der Waals surface area contributed by atoms with Gasteiger partial charge in [-0.15, -0.1) is 0 Å². The van der Waals surface area contributed by atoms with Gasteiger partial charge in [0.1, 0.15) is 13.2 Å². The SMILES string of the molecule is CC/C=C\C/C=C\C/C=C\C/C=C\C/C=C\C/C=C\C/C=C\C/C=C\CCCCC(=O)NC(COP(=O)([O-])OCC[N+](C)(C)C)C(O)/C=C/CC/C=C/CCCCCCCCCCCCCCCCCCCCCCCCCC. The van der Waals surface area contributed by atoms with Gasteiger partial charge in [-0.05, 0) is 96.3 Å². The van der Waals surface area contributed by atoms with Gasteiger partial charge in [0.15, 0.2) is 0 Å². The Bertz CT molecular complexity index is 1700. The minimum absolute atomic E-state index is 0.0218. The first-order valence-corrected chi connectivity index (χ1v) is 33.9. The van der Waals surface area contributed by atoms with Crippen molar-refractivity contribution in [2.24, 2.45) is 0 Å². The third kappa shape index (κ3) is 62.4. The van der Waals surface area contributed by atoms with Gasteiger partial charge >= 0.3 is 0 Å². The Hall–Kier alpha value is -3.10. The van der Waals surface area contributed by atoms with Crippen molar-refractivity contribution in [2.75, 3.05) is 40.9 Å². The molecule has 0 spiro atoms. The summed E-state index contributed by atoms with van der Waals surface area (Å²) < 4.78 is 23.4. The van der Waals surface area contributed by atoms with Crippen LogP contribution in [0, 0.1) is 0 Å². The fourth-order valence-corrected chi connectivity index (χ4v) is 9.61. The fraction of sp³-hybridized carbons (Fsp3) is 0.700. The van der Waals surface area contributed by atoms with E-state index in [9.17, 15) is 19.4 Å². The zero-order valence-electron chi connectivity index (χ0n) is 51.8. The van der Waals surface area contributed by atoms with E-state index in [1.165, 1.54) is 154 Å². The number of allylic oxidation sites excluding steroid dienone is 19. The molecule has 0 fully saturated rings. The molecule has 79 heavy (non-hydrogen) atoms. The number of likely N-dealkylation sites (N-methyl/N-ethyl adjacent to an activating group) is 1. The number of quaternary nitrogens is 1. The Labute approximate surface area is 488 Å². The van der Waals surface area contributed by atoms with Gasteiger partial charge in [0.05, 0.1) is 39.9 Å². The molecule has 0 aliphatic rings. The van der Waals surface area contributed by atoms with Crippen molar-refractivity contribution in [3.63, 3.8) is 0 Å². The van der Waals surface area contributed by atoms with E-state index in [1.807, 2.05) is 27.2 Å². The normalized spacial score (nSPS) is 14.6. The molecule has 0 aromatic carbocycles. The number of hydrogen-bond acceptors (Lipinski definition) is 6. The summed E-state index contributed by atoms with van der Waals surface area (Å²) in [5, 5.41) is 13.9. The summed E-state index contributed by atoms with van der Waals surface area (Å²) in [5.74, 6) is -0.252. The van der Waals surface area contributed by atoms with E-state index in [2.05, 4.69) is 129 Å². The Morgan fingerprint density at radius 3 is 1.18 bits per heavy atom. The number of aliphatic hydroxyl groups excluding tert-OH is 1. The molecule has 0 aromatic heterocycles. The van der Waals surface area contributed by atoms with Gasteiger partial charge in [0.2, 0.25) is 5.91 Å². The molecule has 3 unspecified atom stereocenters. The Kier molecular flexibility index (Phi) is 57.2. The average Bonchev–Trinajstić information content (AvgIpc) is 3.42. The summed E-state index contributed by atoms with van der Waals surface area (Å²) in [5.41, 5.74) is 0. The van der Waals surface area contributed by atoms with Crippen molar-refractivity contribution >= 4 is 13.7 Å². The van der Waals surface area contributed by atoms with E-state index in [4.69, 9.17) is 9.05 Å². The number of carbonyl (C=O) groups is 1. The lowest BCUT2D eigenvalue weighted by Crippen LogP contribution is -2.45. The molecule has 1 amide bonds. The van der Waals surface area contributed by atoms with Gasteiger partial charge in [0, 0.05) is 6.42 Å². The highest BCUT2D eigenvalue weighted by molar-refractivity contribution is 7.45.